The largest absolute Gasteiger partial charge is 0.472 e. The predicted molar refractivity (Wildman–Crippen MR) is 367 cm³/mol. The normalized spacial score (nSPS) is 14.5. The quantitative estimate of drug-likeness (QED) is 0.0222. The minimum atomic E-state index is -4.95. The summed E-state index contributed by atoms with van der Waals surface area (Å²) in [4.78, 5) is 72.5. The van der Waals surface area contributed by atoms with Crippen LogP contribution in [0.1, 0.15) is 357 Å². The molecule has 0 saturated carbocycles. The third-order valence-corrected chi connectivity index (χ3v) is 18.8. The van der Waals surface area contributed by atoms with Gasteiger partial charge in [0.15, 0.2) is 12.2 Å². The second-order valence-electron chi connectivity index (χ2n) is 27.6. The van der Waals surface area contributed by atoms with Crippen molar-refractivity contribution in [2.75, 3.05) is 39.6 Å². The Kier molecular flexibility index (Phi) is 60.3. The van der Waals surface area contributed by atoms with Crippen LogP contribution in [0.3, 0.4) is 0 Å². The maximum absolute atomic E-state index is 13.0. The Hall–Kier alpha value is -1.94. The zero-order valence-electron chi connectivity index (χ0n) is 59.5. The molecule has 0 aliphatic carbocycles. The number of ether oxygens (including phenoxy) is 4. The molecule has 0 aromatic heterocycles. The van der Waals surface area contributed by atoms with E-state index in [0.29, 0.717) is 31.6 Å². The lowest BCUT2D eigenvalue weighted by atomic mass is 10.00. The summed E-state index contributed by atoms with van der Waals surface area (Å²) in [7, 11) is -9.90. The minimum Gasteiger partial charge on any atom is -0.462 e. The first kappa shape index (κ1) is 89.1. The standard InChI is InChI=1S/C72H140O17P2/c1-9-65(8)51-43-35-29-31-37-45-53-70(75)83-59-68(89-72(77)55-47-39-27-23-19-18-21-25-33-41-49-63(4)5)61-87-91(80,81)85-57-66(73)56-84-90(78,79)86-60-67(58-82-69(74)52-44-36-30-28-34-42-50-64(6)7)88-71(76)54-46-38-26-22-17-15-13-11-10-12-14-16-20-24-32-40-48-62(2)3/h62-68,73H,9-61H2,1-8H3,(H,78,79)(H,80,81)/t65?,66?,67-,68-/m1/s1. The molecule has 6 atom stereocenters. The van der Waals surface area contributed by atoms with E-state index >= 15 is 0 Å². The van der Waals surface area contributed by atoms with E-state index in [1.54, 1.807) is 0 Å². The van der Waals surface area contributed by atoms with E-state index in [9.17, 15) is 43.2 Å². The van der Waals surface area contributed by atoms with Gasteiger partial charge in [0.1, 0.15) is 19.3 Å². The number of rotatable bonds is 69. The molecule has 0 rings (SSSR count). The molecular weight excluding hydrogens is 1200 g/mol. The van der Waals surface area contributed by atoms with Crippen molar-refractivity contribution in [1.29, 1.82) is 0 Å². The minimum absolute atomic E-state index is 0.104. The highest BCUT2D eigenvalue weighted by Gasteiger charge is 2.30. The lowest BCUT2D eigenvalue weighted by Crippen LogP contribution is -2.30. The van der Waals surface area contributed by atoms with Crippen molar-refractivity contribution in [2.45, 2.75) is 375 Å². The molecule has 0 bridgehead atoms. The van der Waals surface area contributed by atoms with Gasteiger partial charge >= 0.3 is 39.5 Å². The Morgan fingerprint density at radius 1 is 0.308 bits per heavy atom. The second-order valence-corrected chi connectivity index (χ2v) is 30.6. The monoisotopic (exact) mass is 1340 g/mol. The number of hydrogen-bond donors (Lipinski definition) is 3. The zero-order chi connectivity index (χ0) is 67.5. The number of esters is 4. The van der Waals surface area contributed by atoms with Gasteiger partial charge in [0.25, 0.3) is 0 Å². The first-order valence-corrected chi connectivity index (χ1v) is 40.2. The van der Waals surface area contributed by atoms with Gasteiger partial charge in [0, 0.05) is 25.7 Å². The number of carbonyl (C=O) groups excluding carboxylic acids is 4. The molecule has 0 aromatic rings. The molecule has 540 valence electrons. The van der Waals surface area contributed by atoms with Crippen molar-refractivity contribution < 1.29 is 80.2 Å². The van der Waals surface area contributed by atoms with Crippen molar-refractivity contribution in [1.82, 2.24) is 0 Å². The first-order valence-electron chi connectivity index (χ1n) is 37.2. The molecule has 3 N–H and O–H groups in total. The van der Waals surface area contributed by atoms with Crippen molar-refractivity contribution in [2.24, 2.45) is 23.7 Å². The summed E-state index contributed by atoms with van der Waals surface area (Å²) in [6, 6.07) is 0. The molecular formula is C72H140O17P2. The van der Waals surface area contributed by atoms with E-state index in [1.807, 2.05) is 0 Å². The summed E-state index contributed by atoms with van der Waals surface area (Å²) in [5.41, 5.74) is 0. The maximum atomic E-state index is 13.0. The molecule has 0 aromatic carbocycles. The average Bonchev–Trinajstić information content (AvgIpc) is 2.77. The second kappa shape index (κ2) is 61.6. The van der Waals surface area contributed by atoms with Crippen molar-refractivity contribution >= 4 is 39.5 Å². The van der Waals surface area contributed by atoms with E-state index in [2.05, 4.69) is 55.4 Å². The maximum Gasteiger partial charge on any atom is 0.472 e. The van der Waals surface area contributed by atoms with Crippen LogP contribution in [-0.4, -0.2) is 96.7 Å². The Balaban J connectivity index is 5.20. The topological polar surface area (TPSA) is 237 Å². The van der Waals surface area contributed by atoms with Crippen LogP contribution in [0.5, 0.6) is 0 Å². The Bertz CT molecular complexity index is 1800. The van der Waals surface area contributed by atoms with E-state index in [-0.39, 0.29) is 25.7 Å². The van der Waals surface area contributed by atoms with E-state index < -0.39 is 97.5 Å². The fourth-order valence-electron chi connectivity index (χ4n) is 10.8. The molecule has 4 unspecified atom stereocenters. The van der Waals surface area contributed by atoms with E-state index in [1.165, 1.54) is 148 Å². The van der Waals surface area contributed by atoms with Gasteiger partial charge in [-0.15, -0.1) is 0 Å². The Morgan fingerprint density at radius 3 is 0.780 bits per heavy atom. The highest BCUT2D eigenvalue weighted by molar-refractivity contribution is 7.47. The van der Waals surface area contributed by atoms with E-state index in [4.69, 9.17) is 37.0 Å². The van der Waals surface area contributed by atoms with Crippen LogP contribution in [0, 0.1) is 23.7 Å². The lowest BCUT2D eigenvalue weighted by Gasteiger charge is -2.21. The van der Waals surface area contributed by atoms with Crippen molar-refractivity contribution in [3.8, 4) is 0 Å². The third kappa shape index (κ3) is 65.1. The summed E-state index contributed by atoms with van der Waals surface area (Å²) in [5.74, 6) is 0.841. The SMILES string of the molecule is CCC(C)CCCCCCCCC(=O)OC[C@H](COP(=O)(O)OCC(O)COP(=O)(O)OC[C@@H](COC(=O)CCCCCCCCC(C)C)OC(=O)CCCCCCCCCCCCCCCCCCC(C)C)OC(=O)CCCCCCCCCCCCC(C)C. The molecule has 0 aliphatic heterocycles. The van der Waals surface area contributed by atoms with E-state index in [0.717, 1.165) is 120 Å². The molecule has 17 nitrogen and oxygen atoms in total. The average molecular weight is 1340 g/mol. The van der Waals surface area contributed by atoms with Crippen molar-refractivity contribution in [3.05, 3.63) is 0 Å². The number of unbranched alkanes of at least 4 members (excludes halogenated alkanes) is 34. The van der Waals surface area contributed by atoms with Gasteiger partial charge in [-0.1, -0.05) is 306 Å². The molecule has 91 heavy (non-hydrogen) atoms. The van der Waals surface area contributed by atoms with Crippen molar-refractivity contribution in [3.63, 3.8) is 0 Å². The number of aliphatic hydroxyl groups excluding tert-OH is 1. The predicted octanol–water partition coefficient (Wildman–Crippen LogP) is 20.5. The summed E-state index contributed by atoms with van der Waals surface area (Å²) < 4.78 is 68.3. The van der Waals surface area contributed by atoms with Crippen LogP contribution >= 0.6 is 15.6 Å². The van der Waals surface area contributed by atoms with Gasteiger partial charge in [-0.05, 0) is 49.4 Å². The van der Waals surface area contributed by atoms with Crippen LogP contribution in [0.15, 0.2) is 0 Å². The molecule has 19 heteroatoms. The summed E-state index contributed by atoms with van der Waals surface area (Å²) >= 11 is 0. The summed E-state index contributed by atoms with van der Waals surface area (Å²) in [5, 5.41) is 10.6. The first-order chi connectivity index (χ1) is 43.6. The fraction of sp³-hybridized carbons (Fsp3) is 0.944. The van der Waals surface area contributed by atoms with Gasteiger partial charge in [0.05, 0.1) is 26.4 Å². The summed E-state index contributed by atoms with van der Waals surface area (Å²) in [6.45, 7) is 14.1. The number of carbonyl (C=O) groups is 4. The molecule has 0 fully saturated rings. The van der Waals surface area contributed by atoms with Crippen LogP contribution in [0.25, 0.3) is 0 Å². The van der Waals surface area contributed by atoms with Gasteiger partial charge in [-0.2, -0.15) is 0 Å². The smallest absolute Gasteiger partial charge is 0.462 e. The van der Waals surface area contributed by atoms with Crippen LogP contribution in [0.2, 0.25) is 0 Å². The number of phosphoric ester groups is 2. The highest BCUT2D eigenvalue weighted by Crippen LogP contribution is 2.45. The number of aliphatic hydroxyl groups is 1. The Morgan fingerprint density at radius 2 is 0.527 bits per heavy atom. The van der Waals surface area contributed by atoms with Gasteiger partial charge in [0.2, 0.25) is 0 Å². The molecule has 0 spiro atoms. The molecule has 0 radical (unpaired) electrons. The van der Waals surface area contributed by atoms with Crippen LogP contribution in [0.4, 0.5) is 0 Å². The lowest BCUT2D eigenvalue weighted by molar-refractivity contribution is -0.161. The summed E-state index contributed by atoms with van der Waals surface area (Å²) in [6.07, 6.45) is 44.7. The highest BCUT2D eigenvalue weighted by atomic mass is 31.2. The van der Waals surface area contributed by atoms with Crippen LogP contribution in [-0.2, 0) is 65.4 Å². The Labute approximate surface area is 556 Å². The number of hydrogen-bond acceptors (Lipinski definition) is 15. The molecule has 0 heterocycles. The molecule has 0 amide bonds. The van der Waals surface area contributed by atoms with Gasteiger partial charge in [-0.3, -0.25) is 37.3 Å². The van der Waals surface area contributed by atoms with Gasteiger partial charge in [-0.25, -0.2) is 9.13 Å². The zero-order valence-corrected chi connectivity index (χ0v) is 61.3. The number of phosphoric acid groups is 2. The molecule has 0 saturated heterocycles. The molecule has 0 aliphatic rings. The third-order valence-electron chi connectivity index (χ3n) is 16.9. The van der Waals surface area contributed by atoms with Gasteiger partial charge < -0.3 is 33.8 Å². The van der Waals surface area contributed by atoms with Crippen LogP contribution < -0.4 is 0 Å². The fourth-order valence-corrected chi connectivity index (χ4v) is 12.4.